The van der Waals surface area contributed by atoms with Crippen molar-refractivity contribution < 1.29 is 0 Å². The lowest BCUT2D eigenvalue weighted by atomic mass is 9.72. The summed E-state index contributed by atoms with van der Waals surface area (Å²) in [5.74, 6) is 2.94. The quantitative estimate of drug-likeness (QED) is 0.734. The molecule has 0 spiro atoms. The van der Waals surface area contributed by atoms with Gasteiger partial charge in [-0.3, -0.25) is 0 Å². The maximum Gasteiger partial charge on any atom is 0.222 e. The highest BCUT2D eigenvalue weighted by Crippen LogP contribution is 2.39. The van der Waals surface area contributed by atoms with Gasteiger partial charge in [-0.1, -0.05) is 32.6 Å². The minimum atomic E-state index is 0.336. The van der Waals surface area contributed by atoms with Gasteiger partial charge in [0.05, 0.1) is 18.1 Å². The second kappa shape index (κ2) is 7.63. The van der Waals surface area contributed by atoms with E-state index in [0.29, 0.717) is 5.28 Å². The van der Waals surface area contributed by atoms with Gasteiger partial charge in [0, 0.05) is 13.1 Å². The molecule has 2 aliphatic rings. The van der Waals surface area contributed by atoms with E-state index in [2.05, 4.69) is 21.8 Å². The van der Waals surface area contributed by atoms with Crippen molar-refractivity contribution in [1.82, 2.24) is 9.97 Å². The Morgan fingerprint density at radius 2 is 1.59 bits per heavy atom. The molecule has 22 heavy (non-hydrogen) atoms. The largest absolute Gasteiger partial charge is 0.369 e. The fourth-order valence-electron chi connectivity index (χ4n) is 4.45. The van der Waals surface area contributed by atoms with Crippen molar-refractivity contribution in [2.24, 2.45) is 17.8 Å². The van der Waals surface area contributed by atoms with Gasteiger partial charge in [-0.05, 0) is 55.0 Å². The highest BCUT2D eigenvalue weighted by atomic mass is 35.5. The first-order chi connectivity index (χ1) is 10.8. The Bertz CT molecular complexity index is 446. The van der Waals surface area contributed by atoms with E-state index in [-0.39, 0.29) is 0 Å². The van der Waals surface area contributed by atoms with Gasteiger partial charge in [0.1, 0.15) is 0 Å². The summed E-state index contributed by atoms with van der Waals surface area (Å²) in [6.45, 7) is 4.61. The molecule has 0 unspecified atom stereocenters. The third-order valence-electron chi connectivity index (χ3n) is 5.77. The summed E-state index contributed by atoms with van der Waals surface area (Å²) in [6.07, 6.45) is 15.1. The van der Waals surface area contributed by atoms with Gasteiger partial charge in [0.2, 0.25) is 5.28 Å². The van der Waals surface area contributed by atoms with Gasteiger partial charge in [0.25, 0.3) is 0 Å². The molecule has 0 radical (unpaired) electrons. The topological polar surface area (TPSA) is 29.0 Å². The van der Waals surface area contributed by atoms with Crippen molar-refractivity contribution >= 4 is 17.3 Å². The number of anilines is 1. The van der Waals surface area contributed by atoms with E-state index in [9.17, 15) is 0 Å². The van der Waals surface area contributed by atoms with Crippen LogP contribution in [0.15, 0.2) is 12.4 Å². The number of halogens is 1. The Morgan fingerprint density at radius 1 is 1.00 bits per heavy atom. The summed E-state index contributed by atoms with van der Waals surface area (Å²) in [5, 5.41) is 0.336. The van der Waals surface area contributed by atoms with Gasteiger partial charge in [-0.2, -0.15) is 0 Å². The van der Waals surface area contributed by atoms with Crippen LogP contribution in [0.5, 0.6) is 0 Å². The van der Waals surface area contributed by atoms with E-state index < -0.39 is 0 Å². The number of hydrogen-bond acceptors (Lipinski definition) is 3. The molecule has 1 aliphatic carbocycles. The predicted molar refractivity (Wildman–Crippen MR) is 92.3 cm³/mol. The SMILES string of the molecule is CCCC1CCC(C2CCN(c3cnc(Cl)nc3)CC2)CC1. The molecule has 0 bridgehead atoms. The highest BCUT2D eigenvalue weighted by Gasteiger charge is 2.30. The van der Waals surface area contributed by atoms with Crippen LogP contribution in [0.2, 0.25) is 5.28 Å². The number of piperidine rings is 1. The van der Waals surface area contributed by atoms with Gasteiger partial charge >= 0.3 is 0 Å². The molecule has 0 atom stereocenters. The Labute approximate surface area is 139 Å². The Hall–Kier alpha value is -0.830. The van der Waals surface area contributed by atoms with Crippen molar-refractivity contribution in [3.63, 3.8) is 0 Å². The van der Waals surface area contributed by atoms with E-state index in [1.54, 1.807) is 0 Å². The maximum atomic E-state index is 5.77. The molecule has 1 saturated heterocycles. The summed E-state index contributed by atoms with van der Waals surface area (Å²) in [4.78, 5) is 10.6. The molecule has 0 aromatic carbocycles. The minimum Gasteiger partial charge on any atom is -0.369 e. The first-order valence-corrected chi connectivity index (χ1v) is 9.36. The van der Waals surface area contributed by atoms with Gasteiger partial charge in [0.15, 0.2) is 0 Å². The second-order valence-corrected chi connectivity index (χ2v) is 7.44. The minimum absolute atomic E-state index is 0.336. The molecule has 122 valence electrons. The fraction of sp³-hybridized carbons (Fsp3) is 0.778. The van der Waals surface area contributed by atoms with E-state index >= 15 is 0 Å². The van der Waals surface area contributed by atoms with Crippen LogP contribution in [0, 0.1) is 17.8 Å². The monoisotopic (exact) mass is 321 g/mol. The molecule has 0 amide bonds. The molecule has 1 saturated carbocycles. The Morgan fingerprint density at radius 3 is 2.18 bits per heavy atom. The smallest absolute Gasteiger partial charge is 0.222 e. The van der Waals surface area contributed by atoms with Crippen LogP contribution in [-0.2, 0) is 0 Å². The van der Waals surface area contributed by atoms with Crippen LogP contribution in [0.25, 0.3) is 0 Å². The summed E-state index contributed by atoms with van der Waals surface area (Å²) < 4.78 is 0. The molecule has 1 aliphatic heterocycles. The normalized spacial score (nSPS) is 27.1. The predicted octanol–water partition coefficient (Wildman–Crippen LogP) is 4.95. The maximum absolute atomic E-state index is 5.77. The zero-order valence-corrected chi connectivity index (χ0v) is 14.4. The highest BCUT2D eigenvalue weighted by molar-refractivity contribution is 6.28. The molecule has 1 aromatic heterocycles. The van der Waals surface area contributed by atoms with Gasteiger partial charge in [-0.25, -0.2) is 9.97 Å². The zero-order chi connectivity index (χ0) is 15.4. The van der Waals surface area contributed by atoms with Crippen molar-refractivity contribution in [1.29, 1.82) is 0 Å². The second-order valence-electron chi connectivity index (χ2n) is 7.10. The number of aromatic nitrogens is 2. The lowest BCUT2D eigenvalue weighted by molar-refractivity contribution is 0.175. The molecule has 1 aromatic rings. The van der Waals surface area contributed by atoms with Crippen LogP contribution in [0.1, 0.15) is 58.3 Å². The third-order valence-corrected chi connectivity index (χ3v) is 5.96. The first kappa shape index (κ1) is 16.0. The van der Waals surface area contributed by atoms with E-state index in [0.717, 1.165) is 36.5 Å². The van der Waals surface area contributed by atoms with Crippen LogP contribution in [0.3, 0.4) is 0 Å². The van der Waals surface area contributed by atoms with Crippen LogP contribution < -0.4 is 4.90 Å². The van der Waals surface area contributed by atoms with Crippen molar-refractivity contribution in [2.75, 3.05) is 18.0 Å². The Balaban J connectivity index is 1.47. The molecule has 3 nitrogen and oxygen atoms in total. The molecular weight excluding hydrogens is 294 g/mol. The van der Waals surface area contributed by atoms with E-state index in [1.807, 2.05) is 12.4 Å². The van der Waals surface area contributed by atoms with Crippen molar-refractivity contribution in [3.8, 4) is 0 Å². The summed E-state index contributed by atoms with van der Waals surface area (Å²) >= 11 is 5.77. The van der Waals surface area contributed by atoms with Crippen LogP contribution in [0.4, 0.5) is 5.69 Å². The fourth-order valence-corrected chi connectivity index (χ4v) is 4.55. The number of hydrogen-bond donors (Lipinski definition) is 0. The summed E-state index contributed by atoms with van der Waals surface area (Å²) in [7, 11) is 0. The zero-order valence-electron chi connectivity index (χ0n) is 13.7. The average molecular weight is 322 g/mol. The Kier molecular flexibility index (Phi) is 5.56. The molecule has 2 heterocycles. The summed E-state index contributed by atoms with van der Waals surface area (Å²) in [5.41, 5.74) is 1.12. The van der Waals surface area contributed by atoms with Gasteiger partial charge in [-0.15, -0.1) is 0 Å². The molecule has 2 fully saturated rings. The van der Waals surface area contributed by atoms with E-state index in [4.69, 9.17) is 11.6 Å². The molecule has 3 rings (SSSR count). The lowest BCUT2D eigenvalue weighted by Crippen LogP contribution is -2.37. The van der Waals surface area contributed by atoms with Crippen molar-refractivity contribution in [3.05, 3.63) is 17.7 Å². The molecule has 4 heteroatoms. The lowest BCUT2D eigenvalue weighted by Gasteiger charge is -2.39. The van der Waals surface area contributed by atoms with Crippen LogP contribution >= 0.6 is 11.6 Å². The standard InChI is InChI=1S/C18H28ClN3/c1-2-3-14-4-6-15(7-5-14)16-8-10-22(11-9-16)17-12-20-18(19)21-13-17/h12-16H,2-11H2,1H3. The summed E-state index contributed by atoms with van der Waals surface area (Å²) in [6, 6.07) is 0. The van der Waals surface area contributed by atoms with Crippen LogP contribution in [-0.4, -0.2) is 23.1 Å². The molecule has 0 N–H and O–H groups in total. The van der Waals surface area contributed by atoms with Gasteiger partial charge < -0.3 is 4.90 Å². The molecular formula is C18H28ClN3. The third kappa shape index (κ3) is 3.92. The average Bonchev–Trinajstić information content (AvgIpc) is 2.57. The number of nitrogens with zero attached hydrogens (tertiary/aromatic N) is 3. The first-order valence-electron chi connectivity index (χ1n) is 8.98. The van der Waals surface area contributed by atoms with E-state index in [1.165, 1.54) is 51.4 Å². The number of rotatable bonds is 4. The van der Waals surface area contributed by atoms with Crippen molar-refractivity contribution in [2.45, 2.75) is 58.3 Å².